The van der Waals surface area contributed by atoms with Crippen LogP contribution in [0.1, 0.15) is 24.0 Å². The molecule has 1 unspecified atom stereocenters. The lowest BCUT2D eigenvalue weighted by Gasteiger charge is -2.32. The van der Waals surface area contributed by atoms with Gasteiger partial charge in [0.15, 0.2) is 0 Å². The Morgan fingerprint density at radius 3 is 1.97 bits per heavy atom. The summed E-state index contributed by atoms with van der Waals surface area (Å²) in [5, 5.41) is 3.27. The first-order valence-electron chi connectivity index (χ1n) is 9.48. The maximum atomic E-state index is 13.3. The third-order valence-corrected chi connectivity index (χ3v) is 5.24. The highest BCUT2D eigenvalue weighted by atomic mass is 35.5. The molecule has 1 saturated heterocycles. The molecule has 1 aliphatic heterocycles. The van der Waals surface area contributed by atoms with Gasteiger partial charge in [0.05, 0.1) is 5.41 Å². The van der Waals surface area contributed by atoms with Crippen LogP contribution in [0.15, 0.2) is 49.1 Å². The fourth-order valence-electron chi connectivity index (χ4n) is 3.67. The molecule has 172 valence electrons. The number of carbonyl (C=O) groups excluding carboxylic acids is 2. The summed E-state index contributed by atoms with van der Waals surface area (Å²) in [7, 11) is 3.56. The number of rotatable bonds is 7. The van der Waals surface area contributed by atoms with Gasteiger partial charge in [0, 0.05) is 64.9 Å². The monoisotopic (exact) mass is 489 g/mol. The fraction of sp³-hybridized carbons (Fsp3) is 0.429. The first-order chi connectivity index (χ1) is 13.5. The molecule has 0 radical (unpaired) electrons. The zero-order chi connectivity index (χ0) is 20.0. The van der Waals surface area contributed by atoms with Crippen molar-refractivity contribution in [3.63, 3.8) is 0 Å². The molecule has 1 N–H and O–H groups in total. The second-order valence-electron chi connectivity index (χ2n) is 7.52. The minimum atomic E-state index is -0.697. The number of amides is 2. The summed E-state index contributed by atoms with van der Waals surface area (Å²) in [6.07, 6.45) is 7.80. The molecule has 2 aromatic rings. The van der Waals surface area contributed by atoms with Crippen molar-refractivity contribution < 1.29 is 9.59 Å². The van der Waals surface area contributed by atoms with Crippen molar-refractivity contribution in [1.82, 2.24) is 25.1 Å². The Hall–Kier alpha value is -1.93. The van der Waals surface area contributed by atoms with E-state index in [4.69, 9.17) is 0 Å². The second-order valence-corrected chi connectivity index (χ2v) is 7.52. The quantitative estimate of drug-likeness (QED) is 0.646. The summed E-state index contributed by atoms with van der Waals surface area (Å²) in [5.74, 6) is -0.0276. The molecular formula is C21H30Cl3N5O2. The zero-order valence-electron chi connectivity index (χ0n) is 17.7. The van der Waals surface area contributed by atoms with Crippen molar-refractivity contribution in [2.24, 2.45) is 5.41 Å². The van der Waals surface area contributed by atoms with Crippen LogP contribution in [0.5, 0.6) is 0 Å². The highest BCUT2D eigenvalue weighted by molar-refractivity contribution is 5.89. The van der Waals surface area contributed by atoms with Crippen molar-refractivity contribution in [3.05, 3.63) is 60.2 Å². The summed E-state index contributed by atoms with van der Waals surface area (Å²) in [6.45, 7) is 2.23. The first-order valence-corrected chi connectivity index (χ1v) is 9.48. The number of nitrogens with zero attached hydrogens (tertiary/aromatic N) is 4. The zero-order valence-corrected chi connectivity index (χ0v) is 20.1. The fourth-order valence-corrected chi connectivity index (χ4v) is 3.67. The highest BCUT2D eigenvalue weighted by Gasteiger charge is 2.45. The third-order valence-electron chi connectivity index (χ3n) is 5.24. The van der Waals surface area contributed by atoms with E-state index in [1.165, 1.54) is 0 Å². The van der Waals surface area contributed by atoms with E-state index in [1.54, 1.807) is 48.7 Å². The summed E-state index contributed by atoms with van der Waals surface area (Å²) < 4.78 is 0. The Balaban J connectivity index is 0.00000300. The highest BCUT2D eigenvalue weighted by Crippen LogP contribution is 2.33. The minimum Gasteiger partial charge on any atom is -0.341 e. The molecule has 0 aromatic carbocycles. The molecular weight excluding hydrogens is 461 g/mol. The average molecular weight is 491 g/mol. The SMILES string of the molecule is CN(Cc1cccnc1)C(=O)CC1(C(=O)N(C)Cc2cccnc2)CCNC1.Cl.Cl.Cl. The number of hydrogen-bond donors (Lipinski definition) is 1. The number of pyridine rings is 2. The van der Waals surface area contributed by atoms with Crippen LogP contribution in [0.3, 0.4) is 0 Å². The molecule has 0 aliphatic carbocycles. The van der Waals surface area contributed by atoms with E-state index in [1.807, 2.05) is 24.3 Å². The summed E-state index contributed by atoms with van der Waals surface area (Å²) >= 11 is 0. The van der Waals surface area contributed by atoms with Gasteiger partial charge in [0.25, 0.3) is 0 Å². The van der Waals surface area contributed by atoms with E-state index < -0.39 is 5.41 Å². The van der Waals surface area contributed by atoms with E-state index in [9.17, 15) is 9.59 Å². The van der Waals surface area contributed by atoms with Gasteiger partial charge < -0.3 is 15.1 Å². The van der Waals surface area contributed by atoms with Crippen LogP contribution in [0.2, 0.25) is 0 Å². The van der Waals surface area contributed by atoms with Gasteiger partial charge >= 0.3 is 0 Å². The van der Waals surface area contributed by atoms with E-state index in [0.29, 0.717) is 26.1 Å². The lowest BCUT2D eigenvalue weighted by atomic mass is 9.81. The van der Waals surface area contributed by atoms with Crippen LogP contribution in [0.25, 0.3) is 0 Å². The Bertz CT molecular complexity index is 805. The Labute approximate surface area is 202 Å². The molecule has 0 spiro atoms. The van der Waals surface area contributed by atoms with E-state index in [-0.39, 0.29) is 55.5 Å². The van der Waals surface area contributed by atoms with E-state index in [0.717, 1.165) is 17.7 Å². The Kier molecular flexibility index (Phi) is 12.6. The van der Waals surface area contributed by atoms with Gasteiger partial charge in [-0.15, -0.1) is 37.2 Å². The van der Waals surface area contributed by atoms with Gasteiger partial charge in [-0.25, -0.2) is 0 Å². The third kappa shape index (κ3) is 7.61. The molecule has 7 nitrogen and oxygen atoms in total. The predicted octanol–water partition coefficient (Wildman–Crippen LogP) is 2.73. The molecule has 10 heteroatoms. The summed E-state index contributed by atoms with van der Waals surface area (Å²) in [6, 6.07) is 7.60. The van der Waals surface area contributed by atoms with Crippen molar-refractivity contribution in [3.8, 4) is 0 Å². The van der Waals surface area contributed by atoms with Gasteiger partial charge in [0.2, 0.25) is 11.8 Å². The molecule has 0 bridgehead atoms. The second kappa shape index (κ2) is 13.5. The minimum absolute atomic E-state index is 0. The van der Waals surface area contributed by atoms with Crippen LogP contribution < -0.4 is 5.32 Å². The van der Waals surface area contributed by atoms with Gasteiger partial charge in [-0.1, -0.05) is 12.1 Å². The van der Waals surface area contributed by atoms with Crippen LogP contribution in [0.4, 0.5) is 0 Å². The normalized spacial score (nSPS) is 16.8. The maximum Gasteiger partial charge on any atom is 0.230 e. The lowest BCUT2D eigenvalue weighted by Crippen LogP contribution is -2.46. The molecule has 0 saturated carbocycles. The van der Waals surface area contributed by atoms with Crippen LogP contribution in [-0.2, 0) is 22.7 Å². The largest absolute Gasteiger partial charge is 0.341 e. The molecule has 2 aromatic heterocycles. The molecule has 1 atom stereocenters. The standard InChI is InChI=1S/C21H27N5O2.3ClH/c1-25(14-17-5-3-8-22-12-17)19(27)11-21(7-10-24-16-21)20(28)26(2)15-18-6-4-9-23-13-18;;;/h3-6,8-9,12-13,24H,7,10-11,14-16H2,1-2H3;3*1H. The van der Waals surface area contributed by atoms with Gasteiger partial charge in [-0.3, -0.25) is 19.6 Å². The lowest BCUT2D eigenvalue weighted by molar-refractivity contribution is -0.146. The van der Waals surface area contributed by atoms with Crippen LogP contribution in [-0.4, -0.2) is 58.8 Å². The van der Waals surface area contributed by atoms with E-state index in [2.05, 4.69) is 15.3 Å². The van der Waals surface area contributed by atoms with Crippen molar-refractivity contribution in [2.45, 2.75) is 25.9 Å². The smallest absolute Gasteiger partial charge is 0.230 e. The number of hydrogen-bond acceptors (Lipinski definition) is 5. The topological polar surface area (TPSA) is 78.4 Å². The predicted molar refractivity (Wildman–Crippen MR) is 128 cm³/mol. The first kappa shape index (κ1) is 29.1. The van der Waals surface area contributed by atoms with Gasteiger partial charge in [0.1, 0.15) is 0 Å². The number of aromatic nitrogens is 2. The van der Waals surface area contributed by atoms with Crippen LogP contribution >= 0.6 is 37.2 Å². The molecule has 31 heavy (non-hydrogen) atoms. The Morgan fingerprint density at radius 1 is 0.968 bits per heavy atom. The molecule has 2 amide bonds. The summed E-state index contributed by atoms with van der Waals surface area (Å²) in [4.78, 5) is 37.7. The van der Waals surface area contributed by atoms with Gasteiger partial charge in [-0.2, -0.15) is 0 Å². The molecule has 1 aliphatic rings. The van der Waals surface area contributed by atoms with Gasteiger partial charge in [-0.05, 0) is 36.2 Å². The number of halogens is 3. The molecule has 3 rings (SSSR count). The van der Waals surface area contributed by atoms with Crippen LogP contribution in [0, 0.1) is 5.41 Å². The Morgan fingerprint density at radius 2 is 1.52 bits per heavy atom. The maximum absolute atomic E-state index is 13.3. The number of nitrogens with one attached hydrogen (secondary N) is 1. The van der Waals surface area contributed by atoms with E-state index >= 15 is 0 Å². The average Bonchev–Trinajstić information content (AvgIpc) is 3.18. The van der Waals surface area contributed by atoms with Crippen molar-refractivity contribution >= 4 is 49.0 Å². The number of carbonyl (C=O) groups is 2. The molecule has 1 fully saturated rings. The molecule has 3 heterocycles. The van der Waals surface area contributed by atoms with Crippen molar-refractivity contribution in [1.29, 1.82) is 0 Å². The van der Waals surface area contributed by atoms with Crippen molar-refractivity contribution in [2.75, 3.05) is 27.2 Å². The summed E-state index contributed by atoms with van der Waals surface area (Å²) in [5.41, 5.74) is 1.24.